The monoisotopic (exact) mass is 451 g/mol. The molecule has 0 aliphatic carbocycles. The van der Waals surface area contributed by atoms with Crippen molar-refractivity contribution in [2.45, 2.75) is 6.61 Å². The number of carbonyl (C=O) groups excluding carboxylic acids is 2. The summed E-state index contributed by atoms with van der Waals surface area (Å²) >= 11 is 0. The van der Waals surface area contributed by atoms with Crippen LogP contribution in [0.5, 0.6) is 0 Å². The predicted molar refractivity (Wildman–Crippen MR) is 131 cm³/mol. The number of para-hydroxylation sites is 1. The van der Waals surface area contributed by atoms with Gasteiger partial charge in [0, 0.05) is 6.08 Å². The number of benzene rings is 4. The first-order valence-electron chi connectivity index (χ1n) is 10.6. The van der Waals surface area contributed by atoms with Crippen LogP contribution in [0.15, 0.2) is 97.1 Å². The average molecular weight is 451 g/mol. The smallest absolute Gasteiger partial charge is 0.340 e. The molecule has 4 aromatic carbocycles. The van der Waals surface area contributed by atoms with Crippen molar-refractivity contribution in [1.29, 1.82) is 0 Å². The number of carboxylic acids is 1. The number of hydrogen-bond donors (Lipinski definition) is 2. The predicted octanol–water partition coefficient (Wildman–Crippen LogP) is 5.55. The van der Waals surface area contributed by atoms with Gasteiger partial charge in [0.1, 0.15) is 6.61 Å². The van der Waals surface area contributed by atoms with E-state index in [-0.39, 0.29) is 17.7 Å². The molecule has 4 rings (SSSR count). The summed E-state index contributed by atoms with van der Waals surface area (Å²) < 4.78 is 5.38. The van der Waals surface area contributed by atoms with Crippen molar-refractivity contribution >= 4 is 40.4 Å². The van der Waals surface area contributed by atoms with Crippen molar-refractivity contribution in [3.8, 4) is 0 Å². The van der Waals surface area contributed by atoms with Crippen molar-refractivity contribution < 1.29 is 24.2 Å². The van der Waals surface area contributed by atoms with E-state index < -0.39 is 17.8 Å². The lowest BCUT2D eigenvalue weighted by molar-refractivity contribution is -0.111. The molecular formula is C28H21NO5. The molecule has 0 saturated carbocycles. The Balaban J connectivity index is 1.43. The summed E-state index contributed by atoms with van der Waals surface area (Å²) in [4.78, 5) is 36.2. The fourth-order valence-electron chi connectivity index (χ4n) is 3.42. The number of anilines is 1. The normalized spacial score (nSPS) is 10.8. The van der Waals surface area contributed by atoms with E-state index in [1.165, 1.54) is 6.08 Å². The average Bonchev–Trinajstić information content (AvgIpc) is 2.86. The zero-order chi connectivity index (χ0) is 23.9. The van der Waals surface area contributed by atoms with Crippen LogP contribution in [-0.2, 0) is 16.1 Å². The van der Waals surface area contributed by atoms with Gasteiger partial charge in [-0.3, -0.25) is 4.79 Å². The van der Waals surface area contributed by atoms with Crippen LogP contribution in [0.2, 0.25) is 0 Å². The summed E-state index contributed by atoms with van der Waals surface area (Å²) in [6, 6.07) is 26.4. The maximum Gasteiger partial charge on any atom is 0.340 e. The quantitative estimate of drug-likeness (QED) is 0.284. The summed E-state index contributed by atoms with van der Waals surface area (Å²) in [7, 11) is 0. The zero-order valence-electron chi connectivity index (χ0n) is 18.1. The summed E-state index contributed by atoms with van der Waals surface area (Å²) in [5.74, 6) is -1.91. The molecule has 0 unspecified atom stereocenters. The van der Waals surface area contributed by atoms with E-state index in [0.717, 1.165) is 21.9 Å². The maximum absolute atomic E-state index is 12.6. The Morgan fingerprint density at radius 2 is 1.53 bits per heavy atom. The molecule has 0 bridgehead atoms. The van der Waals surface area contributed by atoms with E-state index in [1.807, 2.05) is 36.4 Å². The molecule has 0 aliphatic rings. The number of hydrogen-bond acceptors (Lipinski definition) is 4. The minimum atomic E-state index is -0.980. The first-order chi connectivity index (χ1) is 16.5. The molecule has 2 N–H and O–H groups in total. The largest absolute Gasteiger partial charge is 0.478 e. The third-order valence-electron chi connectivity index (χ3n) is 5.16. The van der Waals surface area contributed by atoms with Gasteiger partial charge < -0.3 is 15.2 Å². The Kier molecular flexibility index (Phi) is 6.79. The highest BCUT2D eigenvalue weighted by atomic mass is 16.5. The second-order valence-corrected chi connectivity index (χ2v) is 7.56. The fourth-order valence-corrected chi connectivity index (χ4v) is 3.42. The van der Waals surface area contributed by atoms with E-state index >= 15 is 0 Å². The lowest BCUT2D eigenvalue weighted by atomic mass is 10.0. The molecule has 0 radical (unpaired) electrons. The van der Waals surface area contributed by atoms with Gasteiger partial charge >= 0.3 is 11.9 Å². The number of carbonyl (C=O) groups is 3. The summed E-state index contributed by atoms with van der Waals surface area (Å²) in [6.07, 6.45) is 3.02. The number of fused-ring (bicyclic) bond motifs is 1. The first-order valence-corrected chi connectivity index (χ1v) is 10.6. The van der Waals surface area contributed by atoms with Gasteiger partial charge in [-0.25, -0.2) is 9.59 Å². The van der Waals surface area contributed by atoms with Crippen LogP contribution in [0, 0.1) is 0 Å². The van der Waals surface area contributed by atoms with Crippen molar-refractivity contribution in [1.82, 2.24) is 0 Å². The molecule has 0 aliphatic heterocycles. The molecule has 0 heterocycles. The van der Waals surface area contributed by atoms with Crippen LogP contribution in [-0.4, -0.2) is 23.0 Å². The highest BCUT2D eigenvalue weighted by Crippen LogP contribution is 2.20. The fraction of sp³-hybridized carbons (Fsp3) is 0.0357. The van der Waals surface area contributed by atoms with Crippen LogP contribution >= 0.6 is 0 Å². The molecule has 34 heavy (non-hydrogen) atoms. The Hall–Kier alpha value is -4.71. The van der Waals surface area contributed by atoms with E-state index in [2.05, 4.69) is 5.32 Å². The van der Waals surface area contributed by atoms with Gasteiger partial charge in [-0.1, -0.05) is 60.7 Å². The standard InChI is InChI=1S/C28H21NO5/c30-26(15-11-19-10-12-22-17-23(27(31)32)14-13-21(22)16-19)29-25-9-5-4-8-24(25)28(33)34-18-20-6-2-1-3-7-20/h1-17H,18H2,(H,29,30)(H,31,32). The SMILES string of the molecule is O=C(C=Cc1ccc2cc(C(=O)O)ccc2c1)Nc1ccccc1C(=O)OCc1ccccc1. The highest BCUT2D eigenvalue weighted by molar-refractivity contribution is 6.06. The van der Waals surface area contributed by atoms with Crippen molar-refractivity contribution in [3.63, 3.8) is 0 Å². The van der Waals surface area contributed by atoms with Crippen LogP contribution in [0.3, 0.4) is 0 Å². The topological polar surface area (TPSA) is 92.7 Å². The van der Waals surface area contributed by atoms with Crippen LogP contribution in [0.1, 0.15) is 31.8 Å². The van der Waals surface area contributed by atoms with Crippen LogP contribution in [0.4, 0.5) is 5.69 Å². The molecule has 0 fully saturated rings. The maximum atomic E-state index is 12.6. The van der Waals surface area contributed by atoms with E-state index in [0.29, 0.717) is 5.69 Å². The summed E-state index contributed by atoms with van der Waals surface area (Å²) in [6.45, 7) is 0.137. The number of amides is 1. The minimum absolute atomic E-state index is 0.137. The molecule has 4 aromatic rings. The lowest BCUT2D eigenvalue weighted by Gasteiger charge is -2.10. The van der Waals surface area contributed by atoms with Gasteiger partial charge in [-0.05, 0) is 58.3 Å². The second-order valence-electron chi connectivity index (χ2n) is 7.56. The van der Waals surface area contributed by atoms with Crippen molar-refractivity contribution in [2.75, 3.05) is 5.32 Å². The van der Waals surface area contributed by atoms with Gasteiger partial charge in [0.15, 0.2) is 0 Å². The molecule has 0 atom stereocenters. The second kappa shape index (κ2) is 10.3. The van der Waals surface area contributed by atoms with Crippen molar-refractivity contribution in [2.24, 2.45) is 0 Å². The third-order valence-corrected chi connectivity index (χ3v) is 5.16. The van der Waals surface area contributed by atoms with E-state index in [1.54, 1.807) is 60.7 Å². The van der Waals surface area contributed by atoms with Crippen LogP contribution < -0.4 is 5.32 Å². The highest BCUT2D eigenvalue weighted by Gasteiger charge is 2.14. The zero-order valence-corrected chi connectivity index (χ0v) is 18.1. The molecule has 0 aromatic heterocycles. The number of rotatable bonds is 7. The van der Waals surface area contributed by atoms with Gasteiger partial charge in [0.25, 0.3) is 0 Å². The van der Waals surface area contributed by atoms with Gasteiger partial charge in [-0.2, -0.15) is 0 Å². The van der Waals surface area contributed by atoms with Crippen molar-refractivity contribution in [3.05, 3.63) is 119 Å². The number of aromatic carboxylic acids is 1. The van der Waals surface area contributed by atoms with Gasteiger partial charge in [-0.15, -0.1) is 0 Å². The minimum Gasteiger partial charge on any atom is -0.478 e. The Morgan fingerprint density at radius 1 is 0.824 bits per heavy atom. The van der Waals surface area contributed by atoms with E-state index in [9.17, 15) is 14.4 Å². The Bertz CT molecular complexity index is 1390. The van der Waals surface area contributed by atoms with E-state index in [4.69, 9.17) is 9.84 Å². The summed E-state index contributed by atoms with van der Waals surface area (Å²) in [5.41, 5.74) is 2.49. The number of esters is 1. The molecular weight excluding hydrogens is 430 g/mol. The molecule has 0 saturated heterocycles. The first kappa shape index (κ1) is 22.5. The van der Waals surface area contributed by atoms with Gasteiger partial charge in [0.05, 0.1) is 16.8 Å². The lowest BCUT2D eigenvalue weighted by Crippen LogP contribution is -2.13. The van der Waals surface area contributed by atoms with Gasteiger partial charge in [0.2, 0.25) is 5.91 Å². The Labute approximate surface area is 196 Å². The third kappa shape index (κ3) is 5.55. The molecule has 6 nitrogen and oxygen atoms in total. The van der Waals surface area contributed by atoms with Crippen LogP contribution in [0.25, 0.3) is 16.8 Å². The number of carboxylic acid groups (broad SMARTS) is 1. The Morgan fingerprint density at radius 3 is 2.32 bits per heavy atom. The molecule has 0 spiro atoms. The molecule has 1 amide bonds. The molecule has 6 heteroatoms. The number of ether oxygens (including phenoxy) is 1. The summed E-state index contributed by atoms with van der Waals surface area (Å²) in [5, 5.41) is 13.5. The molecule has 168 valence electrons. The number of nitrogens with one attached hydrogen (secondary N) is 1.